The van der Waals surface area contributed by atoms with Crippen molar-refractivity contribution in [3.8, 4) is 22.6 Å². The average molecular weight is 529 g/mol. The zero-order valence-corrected chi connectivity index (χ0v) is 21.2. The number of aliphatic hydroxyl groups is 1. The zero-order chi connectivity index (χ0) is 27.5. The summed E-state index contributed by atoms with van der Waals surface area (Å²) in [5.41, 5.74) is 6.10. The van der Waals surface area contributed by atoms with Crippen molar-refractivity contribution in [3.63, 3.8) is 0 Å². The molecule has 1 aliphatic rings. The molecular weight excluding hydrogens is 499 g/mol. The molecule has 4 rings (SSSR count). The van der Waals surface area contributed by atoms with Gasteiger partial charge in [-0.25, -0.2) is 19.3 Å². The molecule has 0 atom stereocenters. The summed E-state index contributed by atoms with van der Waals surface area (Å²) < 4.78 is 30.7. The maximum Gasteiger partial charge on any atom is 0.316 e. The highest BCUT2D eigenvalue weighted by Gasteiger charge is 2.54. The molecule has 202 valence electrons. The molecule has 3 heterocycles. The number of ether oxygens (including phenoxy) is 3. The third kappa shape index (κ3) is 5.35. The van der Waals surface area contributed by atoms with Gasteiger partial charge in [0.15, 0.2) is 5.82 Å². The zero-order valence-electron chi connectivity index (χ0n) is 21.2. The molecule has 0 unspecified atom stereocenters. The Morgan fingerprint density at radius 3 is 2.50 bits per heavy atom. The van der Waals surface area contributed by atoms with E-state index in [0.717, 1.165) is 0 Å². The molecular formula is C25H29FN6O6. The molecule has 1 aliphatic heterocycles. The van der Waals surface area contributed by atoms with Crippen LogP contribution in [0.5, 0.6) is 0 Å². The number of carbonyl (C=O) groups excluding carboxylic acids is 2. The van der Waals surface area contributed by atoms with Crippen LogP contribution in [0.1, 0.15) is 26.6 Å². The van der Waals surface area contributed by atoms with Crippen molar-refractivity contribution < 1.29 is 33.3 Å². The van der Waals surface area contributed by atoms with Gasteiger partial charge < -0.3 is 35.4 Å². The predicted octanol–water partition coefficient (Wildman–Crippen LogP) is 1.72. The monoisotopic (exact) mass is 528 g/mol. The summed E-state index contributed by atoms with van der Waals surface area (Å²) in [5, 5.41) is 12.0. The number of aliphatic hydroxyl groups excluding tert-OH is 1. The lowest BCUT2D eigenvalue weighted by Crippen LogP contribution is -2.56. The number of aromatic amines is 1. The van der Waals surface area contributed by atoms with E-state index >= 15 is 0 Å². The number of imidazole rings is 1. The Morgan fingerprint density at radius 1 is 1.21 bits per heavy atom. The van der Waals surface area contributed by atoms with Gasteiger partial charge in [-0.05, 0) is 51.1 Å². The standard InChI is InChI=1S/C25H29FN6O6/c1-14(2)38-22(35)24(3)12-36-25(20(27)34,37-13-24)21-31-18(15-4-6-16(26)7-5-15)19(32-21)17-8-9-28-23(30-17)29-10-11-33/h4-9,14,33H,10-13H2,1-3H3,(H2,27,34)(H,31,32)(H,28,29,30). The highest BCUT2D eigenvalue weighted by atomic mass is 19.1. The molecule has 0 spiro atoms. The number of rotatable bonds is 9. The lowest BCUT2D eigenvalue weighted by atomic mass is 9.91. The Bertz CT molecular complexity index is 1300. The minimum Gasteiger partial charge on any atom is -0.462 e. The summed E-state index contributed by atoms with van der Waals surface area (Å²) in [7, 11) is 0. The van der Waals surface area contributed by atoms with Gasteiger partial charge in [-0.15, -0.1) is 0 Å². The number of primary amides is 1. The third-order valence-electron chi connectivity index (χ3n) is 5.79. The van der Waals surface area contributed by atoms with Gasteiger partial charge in [-0.1, -0.05) is 0 Å². The molecule has 1 fully saturated rings. The molecule has 2 aromatic heterocycles. The average Bonchev–Trinajstić information content (AvgIpc) is 3.34. The molecule has 0 radical (unpaired) electrons. The highest BCUT2D eigenvalue weighted by Crippen LogP contribution is 2.39. The number of nitrogens with zero attached hydrogens (tertiary/aromatic N) is 3. The van der Waals surface area contributed by atoms with Crippen molar-refractivity contribution in [2.75, 3.05) is 31.7 Å². The lowest BCUT2D eigenvalue weighted by Gasteiger charge is -2.40. The second kappa shape index (κ2) is 10.8. The number of amides is 1. The lowest BCUT2D eigenvalue weighted by molar-refractivity contribution is -0.294. The van der Waals surface area contributed by atoms with Crippen LogP contribution >= 0.6 is 0 Å². The van der Waals surface area contributed by atoms with Crippen molar-refractivity contribution in [2.24, 2.45) is 11.1 Å². The summed E-state index contributed by atoms with van der Waals surface area (Å²) in [6.45, 7) is 4.69. The first-order valence-corrected chi connectivity index (χ1v) is 11.9. The molecule has 1 aromatic carbocycles. The van der Waals surface area contributed by atoms with Gasteiger partial charge in [0.2, 0.25) is 5.95 Å². The smallest absolute Gasteiger partial charge is 0.316 e. The first-order chi connectivity index (χ1) is 18.1. The molecule has 1 saturated heterocycles. The van der Waals surface area contributed by atoms with Crippen LogP contribution in [0.25, 0.3) is 22.6 Å². The SMILES string of the molecule is CC(C)OC(=O)C1(C)COC(C(N)=O)(c2nc(-c3ccc(F)cc3)c(-c3ccnc(NCCO)n3)[nH]2)OC1. The van der Waals surface area contributed by atoms with E-state index in [1.54, 1.807) is 26.8 Å². The van der Waals surface area contributed by atoms with E-state index in [2.05, 4.69) is 25.3 Å². The number of anilines is 1. The third-order valence-corrected chi connectivity index (χ3v) is 5.79. The molecule has 0 saturated carbocycles. The molecule has 3 aromatic rings. The summed E-state index contributed by atoms with van der Waals surface area (Å²) in [6.07, 6.45) is 1.15. The fourth-order valence-corrected chi connectivity index (χ4v) is 3.76. The summed E-state index contributed by atoms with van der Waals surface area (Å²) in [4.78, 5) is 41.5. The van der Waals surface area contributed by atoms with Gasteiger partial charge in [0, 0.05) is 18.3 Å². The number of nitrogens with two attached hydrogens (primary N) is 1. The number of hydrogen-bond donors (Lipinski definition) is 4. The summed E-state index contributed by atoms with van der Waals surface area (Å²) >= 11 is 0. The Labute approximate surface area is 217 Å². The van der Waals surface area contributed by atoms with E-state index in [-0.39, 0.29) is 44.2 Å². The van der Waals surface area contributed by atoms with Crippen LogP contribution in [0, 0.1) is 11.2 Å². The van der Waals surface area contributed by atoms with Crippen LogP contribution in [0.15, 0.2) is 36.5 Å². The van der Waals surface area contributed by atoms with Crippen LogP contribution in [-0.2, 0) is 29.6 Å². The van der Waals surface area contributed by atoms with E-state index in [0.29, 0.717) is 22.6 Å². The molecule has 13 heteroatoms. The Kier molecular flexibility index (Phi) is 7.71. The molecule has 5 N–H and O–H groups in total. The normalized spacial score (nSPS) is 21.3. The van der Waals surface area contributed by atoms with Crippen LogP contribution in [0.2, 0.25) is 0 Å². The number of H-pyrrole nitrogens is 1. The van der Waals surface area contributed by atoms with Crippen molar-refractivity contribution >= 4 is 17.8 Å². The number of esters is 1. The van der Waals surface area contributed by atoms with Gasteiger partial charge >= 0.3 is 11.8 Å². The van der Waals surface area contributed by atoms with Crippen molar-refractivity contribution in [2.45, 2.75) is 32.7 Å². The minimum absolute atomic E-state index is 0.0814. The van der Waals surface area contributed by atoms with E-state index in [9.17, 15) is 14.0 Å². The fourth-order valence-electron chi connectivity index (χ4n) is 3.76. The number of halogens is 1. The van der Waals surface area contributed by atoms with Gasteiger partial charge in [-0.3, -0.25) is 9.59 Å². The first-order valence-electron chi connectivity index (χ1n) is 11.9. The van der Waals surface area contributed by atoms with E-state index in [1.165, 1.54) is 30.5 Å². The summed E-state index contributed by atoms with van der Waals surface area (Å²) in [6, 6.07) is 7.18. The van der Waals surface area contributed by atoms with Gasteiger partial charge in [-0.2, -0.15) is 0 Å². The van der Waals surface area contributed by atoms with E-state index in [4.69, 9.17) is 25.1 Å². The second-order valence-corrected chi connectivity index (χ2v) is 9.30. The summed E-state index contributed by atoms with van der Waals surface area (Å²) in [5.74, 6) is -3.95. The number of nitrogens with one attached hydrogen (secondary N) is 2. The van der Waals surface area contributed by atoms with Crippen LogP contribution in [-0.4, -0.2) is 69.4 Å². The maximum absolute atomic E-state index is 13.7. The number of hydrogen-bond acceptors (Lipinski definition) is 10. The Balaban J connectivity index is 1.77. The number of benzene rings is 1. The van der Waals surface area contributed by atoms with E-state index < -0.39 is 28.9 Å². The van der Waals surface area contributed by atoms with Crippen LogP contribution in [0.4, 0.5) is 10.3 Å². The fraction of sp³-hybridized carbons (Fsp3) is 0.400. The Hall–Kier alpha value is -3.94. The quantitative estimate of drug-likeness (QED) is 0.299. The molecule has 0 aliphatic carbocycles. The molecule has 12 nitrogen and oxygen atoms in total. The van der Waals surface area contributed by atoms with Crippen molar-refractivity contribution in [1.29, 1.82) is 0 Å². The van der Waals surface area contributed by atoms with Crippen molar-refractivity contribution in [1.82, 2.24) is 19.9 Å². The first kappa shape index (κ1) is 27.1. The second-order valence-electron chi connectivity index (χ2n) is 9.30. The molecule has 38 heavy (non-hydrogen) atoms. The van der Waals surface area contributed by atoms with Gasteiger partial charge in [0.1, 0.15) is 11.2 Å². The minimum atomic E-state index is -2.14. The number of aromatic nitrogens is 4. The van der Waals surface area contributed by atoms with Crippen LogP contribution in [0.3, 0.4) is 0 Å². The number of carbonyl (C=O) groups is 2. The van der Waals surface area contributed by atoms with Gasteiger partial charge in [0.25, 0.3) is 5.91 Å². The van der Waals surface area contributed by atoms with Crippen molar-refractivity contribution in [3.05, 3.63) is 48.2 Å². The predicted molar refractivity (Wildman–Crippen MR) is 133 cm³/mol. The Morgan fingerprint density at radius 2 is 1.89 bits per heavy atom. The largest absolute Gasteiger partial charge is 0.462 e. The maximum atomic E-state index is 13.7. The van der Waals surface area contributed by atoms with Gasteiger partial charge in [0.05, 0.1) is 43.0 Å². The van der Waals surface area contributed by atoms with Crippen LogP contribution < -0.4 is 11.1 Å². The molecule has 0 bridgehead atoms. The molecule has 1 amide bonds. The highest BCUT2D eigenvalue weighted by molar-refractivity contribution is 5.85. The topological polar surface area (TPSA) is 175 Å². The van der Waals surface area contributed by atoms with E-state index in [1.807, 2.05) is 0 Å².